The molecule has 0 unspecified atom stereocenters. The molecule has 31 heavy (non-hydrogen) atoms. The second-order valence-electron chi connectivity index (χ2n) is 7.21. The lowest BCUT2D eigenvalue weighted by Crippen LogP contribution is -2.55. The van der Waals surface area contributed by atoms with Crippen molar-refractivity contribution >= 4 is 17.6 Å². The average Bonchev–Trinajstić information content (AvgIpc) is 3.19. The summed E-state index contributed by atoms with van der Waals surface area (Å²) in [5.41, 5.74) is 1.98. The fourth-order valence-electron chi connectivity index (χ4n) is 3.58. The highest BCUT2D eigenvalue weighted by Crippen LogP contribution is 2.28. The number of nitrogens with zero attached hydrogens (tertiary/aromatic N) is 5. The molecule has 0 radical (unpaired) electrons. The number of anilines is 1. The van der Waals surface area contributed by atoms with Gasteiger partial charge in [-0.1, -0.05) is 6.07 Å². The molecule has 1 aromatic heterocycles. The van der Waals surface area contributed by atoms with Crippen LogP contribution < -0.4 is 19.7 Å². The first-order valence-corrected chi connectivity index (χ1v) is 10.7. The van der Waals surface area contributed by atoms with Crippen LogP contribution in [0.4, 0.5) is 5.69 Å². The summed E-state index contributed by atoms with van der Waals surface area (Å²) in [4.78, 5) is 20.8. The van der Waals surface area contributed by atoms with E-state index in [1.165, 1.54) is 0 Å². The van der Waals surface area contributed by atoms with E-state index in [0.717, 1.165) is 35.1 Å². The smallest absolute Gasteiger partial charge is 0.246 e. The molecule has 0 saturated carbocycles. The fourth-order valence-corrected chi connectivity index (χ4v) is 3.58. The monoisotopic (exact) mass is 428 g/mol. The average molecular weight is 429 g/mol. The number of piperazine rings is 1. The van der Waals surface area contributed by atoms with Crippen LogP contribution in [0.15, 0.2) is 35.6 Å². The van der Waals surface area contributed by atoms with Crippen molar-refractivity contribution in [3.05, 3.63) is 36.2 Å². The Morgan fingerprint density at radius 3 is 2.61 bits per heavy atom. The van der Waals surface area contributed by atoms with Crippen molar-refractivity contribution in [3.63, 3.8) is 0 Å². The number of nitrogens with one attached hydrogen (secondary N) is 1. The summed E-state index contributed by atoms with van der Waals surface area (Å²) in [6, 6.07) is 6.03. The van der Waals surface area contributed by atoms with E-state index in [2.05, 4.69) is 15.4 Å². The highest BCUT2D eigenvalue weighted by molar-refractivity contribution is 5.98. The highest BCUT2D eigenvalue weighted by atomic mass is 16.5. The van der Waals surface area contributed by atoms with Gasteiger partial charge in [0.25, 0.3) is 0 Å². The summed E-state index contributed by atoms with van der Waals surface area (Å²) in [6.07, 6.45) is 4.37. The van der Waals surface area contributed by atoms with Gasteiger partial charge >= 0.3 is 0 Å². The second-order valence-corrected chi connectivity index (χ2v) is 7.21. The molecule has 2 heterocycles. The van der Waals surface area contributed by atoms with E-state index in [1.54, 1.807) is 22.8 Å². The minimum absolute atomic E-state index is 0.0371. The molecule has 0 bridgehead atoms. The Balaban J connectivity index is 1.54. The lowest BCUT2D eigenvalue weighted by molar-refractivity contribution is -0.120. The summed E-state index contributed by atoms with van der Waals surface area (Å²) >= 11 is 0. The Bertz CT molecular complexity index is 910. The number of aliphatic imine (C=N–C) groups is 1. The Labute approximate surface area is 183 Å². The molecule has 2 aromatic rings. The van der Waals surface area contributed by atoms with E-state index in [4.69, 9.17) is 9.47 Å². The molecule has 0 spiro atoms. The molecule has 1 aliphatic heterocycles. The van der Waals surface area contributed by atoms with Gasteiger partial charge in [0.05, 0.1) is 25.1 Å². The molecular weight excluding hydrogens is 396 g/mol. The maximum absolute atomic E-state index is 12.7. The van der Waals surface area contributed by atoms with Crippen LogP contribution in [0.1, 0.15) is 19.4 Å². The molecule has 1 aromatic carbocycles. The minimum Gasteiger partial charge on any atom is -0.490 e. The van der Waals surface area contributed by atoms with Gasteiger partial charge in [0.15, 0.2) is 17.5 Å². The van der Waals surface area contributed by atoms with Crippen molar-refractivity contribution in [2.24, 2.45) is 12.0 Å². The number of aromatic nitrogens is 2. The number of rotatable bonds is 8. The first kappa shape index (κ1) is 22.5. The molecule has 9 nitrogen and oxygen atoms in total. The van der Waals surface area contributed by atoms with E-state index >= 15 is 0 Å². The molecule has 1 amide bonds. The summed E-state index contributed by atoms with van der Waals surface area (Å²) in [5.74, 6) is 2.30. The van der Waals surface area contributed by atoms with Crippen LogP contribution in [-0.4, -0.2) is 73.0 Å². The zero-order valence-electron chi connectivity index (χ0n) is 18.8. The van der Waals surface area contributed by atoms with Crippen LogP contribution in [-0.2, 0) is 18.3 Å². The third-order valence-corrected chi connectivity index (χ3v) is 5.04. The SMILES string of the molecule is CCOc1ccc(CCNC(=NC)N2CCN(c3cnn(C)c3)C(=O)C2)cc1OCC. The van der Waals surface area contributed by atoms with E-state index in [0.29, 0.717) is 32.8 Å². The van der Waals surface area contributed by atoms with Crippen molar-refractivity contribution in [2.45, 2.75) is 20.3 Å². The van der Waals surface area contributed by atoms with Crippen LogP contribution >= 0.6 is 0 Å². The predicted octanol–water partition coefficient (Wildman–Crippen LogP) is 1.68. The van der Waals surface area contributed by atoms with Gasteiger partial charge in [-0.3, -0.25) is 14.5 Å². The first-order chi connectivity index (χ1) is 15.0. The molecule has 0 aliphatic carbocycles. The van der Waals surface area contributed by atoms with Gasteiger partial charge < -0.3 is 24.6 Å². The normalized spacial score (nSPS) is 14.7. The Hall–Kier alpha value is -3.23. The number of amides is 1. The van der Waals surface area contributed by atoms with Gasteiger partial charge in [-0.15, -0.1) is 0 Å². The fraction of sp³-hybridized carbons (Fsp3) is 0.500. The Morgan fingerprint density at radius 1 is 1.19 bits per heavy atom. The number of hydrogen-bond acceptors (Lipinski definition) is 5. The van der Waals surface area contributed by atoms with Gasteiger partial charge in [-0.2, -0.15) is 5.10 Å². The topological polar surface area (TPSA) is 84.2 Å². The molecule has 3 rings (SSSR count). The third kappa shape index (κ3) is 5.68. The van der Waals surface area contributed by atoms with Crippen LogP contribution in [0.3, 0.4) is 0 Å². The molecular formula is C22H32N6O3. The zero-order valence-corrected chi connectivity index (χ0v) is 18.8. The number of hydrogen-bond donors (Lipinski definition) is 1. The highest BCUT2D eigenvalue weighted by Gasteiger charge is 2.27. The van der Waals surface area contributed by atoms with E-state index in [-0.39, 0.29) is 12.5 Å². The van der Waals surface area contributed by atoms with Gasteiger partial charge in [-0.25, -0.2) is 0 Å². The van der Waals surface area contributed by atoms with Crippen molar-refractivity contribution in [3.8, 4) is 11.5 Å². The number of ether oxygens (including phenoxy) is 2. The van der Waals surface area contributed by atoms with Gasteiger partial charge in [0.2, 0.25) is 5.91 Å². The third-order valence-electron chi connectivity index (χ3n) is 5.04. The van der Waals surface area contributed by atoms with Crippen LogP contribution in [0.25, 0.3) is 0 Å². The van der Waals surface area contributed by atoms with Gasteiger partial charge in [0, 0.05) is 39.9 Å². The van der Waals surface area contributed by atoms with Crippen LogP contribution in [0.2, 0.25) is 0 Å². The molecule has 9 heteroatoms. The van der Waals surface area contributed by atoms with Crippen molar-refractivity contribution in [1.82, 2.24) is 20.0 Å². The standard InChI is InChI=1S/C22H32N6O3/c1-5-30-19-8-7-17(13-20(19)31-6-2)9-10-24-22(23-3)27-11-12-28(21(29)16-27)18-14-25-26(4)15-18/h7-8,13-15H,5-6,9-12,16H2,1-4H3,(H,23,24). The van der Waals surface area contributed by atoms with E-state index in [1.807, 2.05) is 50.2 Å². The molecule has 1 N–H and O–H groups in total. The summed E-state index contributed by atoms with van der Waals surface area (Å²) in [6.45, 7) is 7.40. The van der Waals surface area contributed by atoms with Crippen molar-refractivity contribution in [2.75, 3.05) is 51.3 Å². The number of carbonyl (C=O) groups excluding carboxylic acids is 1. The molecule has 1 fully saturated rings. The van der Waals surface area contributed by atoms with Gasteiger partial charge in [-0.05, 0) is 38.0 Å². The predicted molar refractivity (Wildman–Crippen MR) is 121 cm³/mol. The molecule has 1 aliphatic rings. The maximum Gasteiger partial charge on any atom is 0.246 e. The van der Waals surface area contributed by atoms with Crippen molar-refractivity contribution in [1.29, 1.82) is 0 Å². The minimum atomic E-state index is 0.0371. The van der Waals surface area contributed by atoms with Gasteiger partial charge in [0.1, 0.15) is 6.54 Å². The quantitative estimate of drug-likeness (QED) is 0.509. The number of aryl methyl sites for hydroxylation is 1. The summed E-state index contributed by atoms with van der Waals surface area (Å²) in [5, 5.41) is 7.53. The van der Waals surface area contributed by atoms with Crippen molar-refractivity contribution < 1.29 is 14.3 Å². The molecule has 0 atom stereocenters. The summed E-state index contributed by atoms with van der Waals surface area (Å²) < 4.78 is 13.0. The maximum atomic E-state index is 12.7. The lowest BCUT2D eigenvalue weighted by Gasteiger charge is -2.35. The Morgan fingerprint density at radius 2 is 1.97 bits per heavy atom. The lowest BCUT2D eigenvalue weighted by atomic mass is 10.1. The molecule has 1 saturated heterocycles. The number of carbonyl (C=O) groups is 1. The zero-order chi connectivity index (χ0) is 22.2. The largest absolute Gasteiger partial charge is 0.490 e. The number of guanidine groups is 1. The Kier molecular flexibility index (Phi) is 7.75. The first-order valence-electron chi connectivity index (χ1n) is 10.7. The van der Waals surface area contributed by atoms with Crippen LogP contribution in [0.5, 0.6) is 11.5 Å². The van der Waals surface area contributed by atoms with Crippen LogP contribution in [0, 0.1) is 0 Å². The van der Waals surface area contributed by atoms with E-state index in [9.17, 15) is 4.79 Å². The molecule has 168 valence electrons. The van der Waals surface area contributed by atoms with E-state index < -0.39 is 0 Å². The summed E-state index contributed by atoms with van der Waals surface area (Å²) in [7, 11) is 3.59. The number of benzene rings is 1. The second kappa shape index (κ2) is 10.7.